The molecular formula is C34H50N4O4S2. The van der Waals surface area contributed by atoms with E-state index < -0.39 is 0 Å². The van der Waals surface area contributed by atoms with Gasteiger partial charge in [0.2, 0.25) is 0 Å². The van der Waals surface area contributed by atoms with Crippen molar-refractivity contribution >= 4 is 52.1 Å². The van der Waals surface area contributed by atoms with Crippen molar-refractivity contribution in [2.24, 2.45) is 5.92 Å². The Bertz CT molecular complexity index is 1300. The molecule has 1 aromatic rings. The Hall–Kier alpha value is -2.64. The number of ether oxygens (including phenoxy) is 1. The summed E-state index contributed by atoms with van der Waals surface area (Å²) in [5, 5.41) is 9.95. The number of hydrogen-bond acceptors (Lipinski definition) is 8. The smallest absolute Gasteiger partial charge is 0.310 e. The SMILES string of the molecule is CCCCCCCCCCCCN1C(=O)C(=Cc2c(C)c(C#N)c(=O)n(CCC)c2N2CCCC(C(=O)OCC)C2)SC1=S. The molecule has 2 aliphatic rings. The van der Waals surface area contributed by atoms with E-state index in [-0.39, 0.29) is 28.9 Å². The molecule has 2 fully saturated rings. The standard InChI is InChI=1S/C34H50N4O4S2/c1-5-8-9-10-11-12-13-14-15-16-21-38-32(40)29(44-34(38)43)22-27-25(4)28(23-35)31(39)37(19-6-2)30(27)36-20-17-18-26(24-36)33(41)42-7-3/h22,26H,5-21,24H2,1-4H3. The number of piperidine rings is 1. The van der Waals surface area contributed by atoms with Crippen LogP contribution in [-0.2, 0) is 20.9 Å². The molecule has 0 saturated carbocycles. The van der Waals surface area contributed by atoms with Gasteiger partial charge in [0.15, 0.2) is 0 Å². The normalized spacial score (nSPS) is 17.9. The molecule has 44 heavy (non-hydrogen) atoms. The van der Waals surface area contributed by atoms with Gasteiger partial charge in [0.25, 0.3) is 11.5 Å². The summed E-state index contributed by atoms with van der Waals surface area (Å²) in [6, 6.07) is 2.11. The number of unbranched alkanes of at least 4 members (excludes halogenated alkanes) is 9. The van der Waals surface area contributed by atoms with Crippen LogP contribution < -0.4 is 10.5 Å². The highest BCUT2D eigenvalue weighted by Gasteiger charge is 2.34. The Morgan fingerprint density at radius 3 is 2.30 bits per heavy atom. The summed E-state index contributed by atoms with van der Waals surface area (Å²) >= 11 is 6.91. The molecule has 1 amide bonds. The predicted octanol–water partition coefficient (Wildman–Crippen LogP) is 7.34. The van der Waals surface area contributed by atoms with Crippen LogP contribution in [0.15, 0.2) is 9.70 Å². The topological polar surface area (TPSA) is 95.6 Å². The summed E-state index contributed by atoms with van der Waals surface area (Å²) in [7, 11) is 0. The summed E-state index contributed by atoms with van der Waals surface area (Å²) in [5.74, 6) is -0.0170. The summed E-state index contributed by atoms with van der Waals surface area (Å²) in [5.41, 5.74) is 0.940. The van der Waals surface area contributed by atoms with Crippen LogP contribution in [0.4, 0.5) is 5.82 Å². The number of rotatable bonds is 17. The molecule has 242 valence electrons. The zero-order valence-corrected chi connectivity index (χ0v) is 28.8. The van der Waals surface area contributed by atoms with Crippen molar-refractivity contribution in [1.29, 1.82) is 5.26 Å². The van der Waals surface area contributed by atoms with Crippen LogP contribution in [0.25, 0.3) is 6.08 Å². The summed E-state index contributed by atoms with van der Waals surface area (Å²) in [6.45, 7) is 10.2. The highest BCUT2D eigenvalue weighted by Crippen LogP contribution is 2.37. The van der Waals surface area contributed by atoms with Gasteiger partial charge in [-0.25, -0.2) is 0 Å². The Labute approximate surface area is 273 Å². The molecule has 0 radical (unpaired) electrons. The maximum Gasteiger partial charge on any atom is 0.310 e. The number of thioether (sulfide) groups is 1. The average molecular weight is 643 g/mol. The van der Waals surface area contributed by atoms with Crippen LogP contribution in [0.2, 0.25) is 0 Å². The second kappa shape index (κ2) is 18.4. The van der Waals surface area contributed by atoms with Crippen molar-refractivity contribution < 1.29 is 14.3 Å². The molecule has 2 aliphatic heterocycles. The van der Waals surface area contributed by atoms with E-state index in [0.29, 0.717) is 65.4 Å². The van der Waals surface area contributed by atoms with Crippen molar-refractivity contribution in [2.75, 3.05) is 31.1 Å². The Balaban J connectivity index is 1.82. The summed E-state index contributed by atoms with van der Waals surface area (Å²) < 4.78 is 7.51. The van der Waals surface area contributed by atoms with Crippen molar-refractivity contribution in [3.8, 4) is 6.07 Å². The van der Waals surface area contributed by atoms with E-state index in [2.05, 4.69) is 17.9 Å². The monoisotopic (exact) mass is 642 g/mol. The molecule has 8 nitrogen and oxygen atoms in total. The van der Waals surface area contributed by atoms with Crippen LogP contribution in [0, 0.1) is 24.2 Å². The van der Waals surface area contributed by atoms with E-state index >= 15 is 0 Å². The lowest BCUT2D eigenvalue weighted by Gasteiger charge is -2.36. The fraction of sp³-hybridized carbons (Fsp3) is 0.676. The van der Waals surface area contributed by atoms with Crippen molar-refractivity contribution in [3.05, 3.63) is 31.9 Å². The van der Waals surface area contributed by atoms with Crippen LogP contribution in [0.1, 0.15) is 121 Å². The second-order valence-corrected chi connectivity index (χ2v) is 13.5. The molecule has 0 spiro atoms. The number of carbonyl (C=O) groups is 2. The lowest BCUT2D eigenvalue weighted by Crippen LogP contribution is -2.43. The van der Waals surface area contributed by atoms with E-state index in [9.17, 15) is 19.6 Å². The number of aromatic nitrogens is 1. The van der Waals surface area contributed by atoms with Crippen LogP contribution >= 0.6 is 24.0 Å². The fourth-order valence-electron chi connectivity index (χ4n) is 6.12. The lowest BCUT2D eigenvalue weighted by atomic mass is 9.96. The number of thiocarbonyl (C=S) groups is 1. The fourth-order valence-corrected chi connectivity index (χ4v) is 7.41. The van der Waals surface area contributed by atoms with Gasteiger partial charge in [0.1, 0.15) is 21.8 Å². The van der Waals surface area contributed by atoms with Gasteiger partial charge in [0, 0.05) is 31.7 Å². The molecule has 1 atom stereocenters. The van der Waals surface area contributed by atoms with Gasteiger partial charge in [-0.2, -0.15) is 5.26 Å². The first-order chi connectivity index (χ1) is 21.3. The van der Waals surface area contributed by atoms with Crippen molar-refractivity contribution in [2.45, 2.75) is 118 Å². The number of amides is 1. The highest BCUT2D eigenvalue weighted by atomic mass is 32.2. The third-order valence-electron chi connectivity index (χ3n) is 8.52. The molecule has 0 aliphatic carbocycles. The first kappa shape index (κ1) is 35.8. The minimum atomic E-state index is -0.342. The van der Waals surface area contributed by atoms with E-state index in [1.165, 1.54) is 63.1 Å². The molecule has 2 saturated heterocycles. The zero-order chi connectivity index (χ0) is 32.1. The first-order valence-corrected chi connectivity index (χ1v) is 17.9. The largest absolute Gasteiger partial charge is 0.466 e. The number of esters is 1. The molecule has 3 heterocycles. The first-order valence-electron chi connectivity index (χ1n) is 16.6. The lowest BCUT2D eigenvalue weighted by molar-refractivity contribution is -0.148. The Kier molecular flexibility index (Phi) is 15.0. The van der Waals surface area contributed by atoms with E-state index in [4.69, 9.17) is 17.0 Å². The van der Waals surface area contributed by atoms with E-state index in [1.54, 1.807) is 23.3 Å². The minimum absolute atomic E-state index is 0.0771. The van der Waals surface area contributed by atoms with Gasteiger partial charge in [-0.3, -0.25) is 23.9 Å². The predicted molar refractivity (Wildman–Crippen MR) is 184 cm³/mol. The van der Waals surface area contributed by atoms with Gasteiger partial charge >= 0.3 is 5.97 Å². The van der Waals surface area contributed by atoms with Gasteiger partial charge in [-0.05, 0) is 51.2 Å². The second-order valence-electron chi connectivity index (χ2n) is 11.9. The van der Waals surface area contributed by atoms with Gasteiger partial charge in [-0.15, -0.1) is 0 Å². The van der Waals surface area contributed by atoms with Gasteiger partial charge in [-0.1, -0.05) is 95.6 Å². The van der Waals surface area contributed by atoms with Gasteiger partial charge in [0.05, 0.1) is 17.4 Å². The van der Waals surface area contributed by atoms with Crippen LogP contribution in [0.5, 0.6) is 0 Å². The zero-order valence-electron chi connectivity index (χ0n) is 27.1. The Morgan fingerprint density at radius 2 is 1.68 bits per heavy atom. The molecule has 0 N–H and O–H groups in total. The third-order valence-corrected chi connectivity index (χ3v) is 9.90. The maximum atomic E-state index is 13.6. The van der Waals surface area contributed by atoms with Gasteiger partial charge < -0.3 is 9.64 Å². The number of carbonyl (C=O) groups excluding carboxylic acids is 2. The van der Waals surface area contributed by atoms with E-state index in [0.717, 1.165) is 25.7 Å². The molecule has 10 heteroatoms. The Morgan fingerprint density at radius 1 is 1.02 bits per heavy atom. The summed E-state index contributed by atoms with van der Waals surface area (Å²) in [6.07, 6.45) is 16.2. The quantitative estimate of drug-likeness (QED) is 0.0754. The number of pyridine rings is 1. The molecule has 3 rings (SSSR count). The third kappa shape index (κ3) is 9.20. The van der Waals surface area contributed by atoms with Crippen LogP contribution in [-0.4, -0.2) is 51.9 Å². The number of nitriles is 1. The van der Waals surface area contributed by atoms with Crippen LogP contribution in [0.3, 0.4) is 0 Å². The van der Waals surface area contributed by atoms with Crippen molar-refractivity contribution in [1.82, 2.24) is 9.47 Å². The number of hydrogen-bond donors (Lipinski definition) is 0. The molecule has 1 aromatic heterocycles. The van der Waals surface area contributed by atoms with Crippen molar-refractivity contribution in [3.63, 3.8) is 0 Å². The average Bonchev–Trinajstić information content (AvgIpc) is 3.28. The number of anilines is 1. The maximum absolute atomic E-state index is 13.6. The molecule has 1 unspecified atom stereocenters. The highest BCUT2D eigenvalue weighted by molar-refractivity contribution is 8.26. The minimum Gasteiger partial charge on any atom is -0.466 e. The summed E-state index contributed by atoms with van der Waals surface area (Å²) in [4.78, 5) is 44.0. The molecule has 0 aromatic carbocycles. The number of nitrogens with zero attached hydrogens (tertiary/aromatic N) is 4. The molecule has 0 bridgehead atoms. The van der Waals surface area contributed by atoms with E-state index in [1.807, 2.05) is 13.0 Å². The molecular weight excluding hydrogens is 593 g/mol.